The molecule has 0 spiro atoms. The van der Waals surface area contributed by atoms with Gasteiger partial charge in [0.15, 0.2) is 11.6 Å². The Bertz CT molecular complexity index is 985. The zero-order valence-corrected chi connectivity index (χ0v) is 13.4. The Hall–Kier alpha value is -3.16. The number of nitrogens with one attached hydrogen (secondary N) is 1. The Morgan fingerprint density at radius 2 is 2.24 bits per heavy atom. The fourth-order valence-corrected chi connectivity index (χ4v) is 3.05. The van der Waals surface area contributed by atoms with E-state index in [1.165, 1.54) is 11.2 Å². The number of hydrogen-bond acceptors (Lipinski definition) is 4. The maximum absolute atomic E-state index is 14.7. The molecule has 1 aromatic carbocycles. The average molecular weight is 342 g/mol. The Balaban J connectivity index is 1.69. The monoisotopic (exact) mass is 342 g/mol. The molecule has 0 radical (unpaired) electrons. The van der Waals surface area contributed by atoms with Crippen LogP contribution in [0.3, 0.4) is 0 Å². The van der Waals surface area contributed by atoms with Crippen LogP contribution in [0.5, 0.6) is 11.6 Å². The van der Waals surface area contributed by atoms with Crippen molar-refractivity contribution in [2.75, 3.05) is 6.54 Å². The van der Waals surface area contributed by atoms with Gasteiger partial charge in [0.2, 0.25) is 5.88 Å². The van der Waals surface area contributed by atoms with Crippen molar-refractivity contribution in [3.63, 3.8) is 0 Å². The third kappa shape index (κ3) is 2.65. The van der Waals surface area contributed by atoms with Crippen molar-refractivity contribution < 1.29 is 19.0 Å². The van der Waals surface area contributed by atoms with E-state index in [1.807, 2.05) is 6.92 Å². The van der Waals surface area contributed by atoms with Crippen LogP contribution in [-0.2, 0) is 13.0 Å². The third-order valence-corrected chi connectivity index (χ3v) is 4.28. The summed E-state index contributed by atoms with van der Waals surface area (Å²) in [6.07, 6.45) is 0.729. The number of aromatic amines is 1. The zero-order chi connectivity index (χ0) is 17.6. The number of rotatable bonds is 2. The Morgan fingerprint density at radius 1 is 1.40 bits per heavy atom. The third-order valence-electron chi connectivity index (χ3n) is 4.28. The summed E-state index contributed by atoms with van der Waals surface area (Å²) in [4.78, 5) is 23.7. The highest BCUT2D eigenvalue weighted by Gasteiger charge is 2.25. The SMILES string of the molecule is Cc1cc2c(F)c(Oc3ncnc4c3CCN(C(=O)O)C4)ccc2[nH]1. The summed E-state index contributed by atoms with van der Waals surface area (Å²) in [6.45, 7) is 2.35. The number of aromatic nitrogens is 3. The minimum Gasteiger partial charge on any atom is -0.465 e. The largest absolute Gasteiger partial charge is 0.465 e. The highest BCUT2D eigenvalue weighted by molar-refractivity contribution is 5.82. The van der Waals surface area contributed by atoms with E-state index in [1.54, 1.807) is 18.2 Å². The van der Waals surface area contributed by atoms with Gasteiger partial charge in [-0.15, -0.1) is 0 Å². The van der Waals surface area contributed by atoms with E-state index in [0.717, 1.165) is 5.69 Å². The first-order valence-electron chi connectivity index (χ1n) is 7.79. The molecule has 2 N–H and O–H groups in total. The van der Waals surface area contributed by atoms with Gasteiger partial charge in [-0.05, 0) is 31.5 Å². The van der Waals surface area contributed by atoms with Gasteiger partial charge in [0.05, 0.1) is 12.2 Å². The molecule has 0 unspecified atom stereocenters. The first-order valence-corrected chi connectivity index (χ1v) is 7.79. The molecule has 0 aliphatic carbocycles. The lowest BCUT2D eigenvalue weighted by atomic mass is 10.1. The van der Waals surface area contributed by atoms with Gasteiger partial charge >= 0.3 is 6.09 Å². The molecule has 0 atom stereocenters. The molecule has 0 saturated heterocycles. The molecule has 3 heterocycles. The van der Waals surface area contributed by atoms with Crippen molar-refractivity contribution in [1.82, 2.24) is 19.9 Å². The van der Waals surface area contributed by atoms with Crippen LogP contribution in [0.4, 0.5) is 9.18 Å². The molecular weight excluding hydrogens is 327 g/mol. The van der Waals surface area contributed by atoms with Crippen molar-refractivity contribution in [1.29, 1.82) is 0 Å². The van der Waals surface area contributed by atoms with Gasteiger partial charge in [0.25, 0.3) is 0 Å². The summed E-state index contributed by atoms with van der Waals surface area (Å²) in [7, 11) is 0. The summed E-state index contributed by atoms with van der Waals surface area (Å²) in [5, 5.41) is 9.56. The smallest absolute Gasteiger partial charge is 0.407 e. The lowest BCUT2D eigenvalue weighted by molar-refractivity contribution is 0.138. The maximum atomic E-state index is 14.7. The molecule has 0 fully saturated rings. The van der Waals surface area contributed by atoms with Crippen molar-refractivity contribution in [2.45, 2.75) is 19.9 Å². The number of halogens is 1. The van der Waals surface area contributed by atoms with Crippen molar-refractivity contribution in [3.8, 4) is 11.6 Å². The van der Waals surface area contributed by atoms with Crippen LogP contribution in [0, 0.1) is 12.7 Å². The number of amides is 1. The second-order valence-corrected chi connectivity index (χ2v) is 5.95. The number of carboxylic acid groups (broad SMARTS) is 1. The van der Waals surface area contributed by atoms with Crippen LogP contribution in [0.25, 0.3) is 10.9 Å². The van der Waals surface area contributed by atoms with E-state index in [-0.39, 0.29) is 18.2 Å². The van der Waals surface area contributed by atoms with Gasteiger partial charge in [0, 0.05) is 28.7 Å². The van der Waals surface area contributed by atoms with Crippen LogP contribution in [-0.4, -0.2) is 37.6 Å². The van der Waals surface area contributed by atoms with Gasteiger partial charge in [-0.3, -0.25) is 0 Å². The molecule has 3 aromatic rings. The number of fused-ring (bicyclic) bond motifs is 2. The summed E-state index contributed by atoms with van der Waals surface area (Å²) < 4.78 is 20.4. The highest BCUT2D eigenvalue weighted by Crippen LogP contribution is 2.32. The van der Waals surface area contributed by atoms with Crippen LogP contribution in [0.15, 0.2) is 24.5 Å². The number of H-pyrrole nitrogens is 1. The summed E-state index contributed by atoms with van der Waals surface area (Å²) in [6, 6.07) is 5.02. The fourth-order valence-electron chi connectivity index (χ4n) is 3.05. The summed E-state index contributed by atoms with van der Waals surface area (Å²) in [5.41, 5.74) is 2.85. The van der Waals surface area contributed by atoms with Gasteiger partial charge in [-0.2, -0.15) is 0 Å². The fraction of sp³-hybridized carbons (Fsp3) is 0.235. The minimum absolute atomic E-state index is 0.0769. The molecule has 7 nitrogen and oxygen atoms in total. The van der Waals surface area contributed by atoms with Crippen molar-refractivity contribution in [3.05, 3.63) is 47.3 Å². The average Bonchev–Trinajstić information content (AvgIpc) is 2.98. The van der Waals surface area contributed by atoms with Crippen LogP contribution < -0.4 is 4.74 Å². The second kappa shape index (κ2) is 5.73. The lowest BCUT2D eigenvalue weighted by Crippen LogP contribution is -2.35. The molecule has 1 amide bonds. The van der Waals surface area contributed by atoms with Crippen LogP contribution in [0.2, 0.25) is 0 Å². The molecule has 0 saturated carbocycles. The predicted molar refractivity (Wildman–Crippen MR) is 87.2 cm³/mol. The van der Waals surface area contributed by atoms with Crippen molar-refractivity contribution >= 4 is 17.0 Å². The highest BCUT2D eigenvalue weighted by atomic mass is 19.1. The van der Waals surface area contributed by atoms with E-state index in [4.69, 9.17) is 9.84 Å². The summed E-state index contributed by atoms with van der Waals surface area (Å²) in [5.74, 6) is -0.120. The first kappa shape index (κ1) is 15.4. The molecule has 128 valence electrons. The normalized spacial score (nSPS) is 13.8. The number of hydrogen-bond donors (Lipinski definition) is 2. The Kier molecular flexibility index (Phi) is 3.52. The van der Waals surface area contributed by atoms with Gasteiger partial charge in [0.1, 0.15) is 6.33 Å². The number of ether oxygens (including phenoxy) is 1. The topological polar surface area (TPSA) is 91.3 Å². The van der Waals surface area contributed by atoms with E-state index in [2.05, 4.69) is 15.0 Å². The van der Waals surface area contributed by atoms with Crippen LogP contribution in [0.1, 0.15) is 17.0 Å². The molecular formula is C17H15FN4O3. The molecule has 2 aromatic heterocycles. The number of carbonyl (C=O) groups is 1. The van der Waals surface area contributed by atoms with Crippen molar-refractivity contribution in [2.24, 2.45) is 0 Å². The van der Waals surface area contributed by atoms with E-state index in [0.29, 0.717) is 35.1 Å². The lowest BCUT2D eigenvalue weighted by Gasteiger charge is -2.26. The zero-order valence-electron chi connectivity index (χ0n) is 13.4. The van der Waals surface area contributed by atoms with Gasteiger partial charge in [-0.1, -0.05) is 0 Å². The minimum atomic E-state index is -0.994. The molecule has 8 heteroatoms. The van der Waals surface area contributed by atoms with E-state index >= 15 is 0 Å². The first-order chi connectivity index (χ1) is 12.0. The quantitative estimate of drug-likeness (QED) is 0.746. The number of benzene rings is 1. The molecule has 1 aliphatic heterocycles. The summed E-state index contributed by atoms with van der Waals surface area (Å²) >= 11 is 0. The number of nitrogens with zero attached hydrogens (tertiary/aromatic N) is 3. The van der Waals surface area contributed by atoms with E-state index < -0.39 is 11.9 Å². The standard InChI is InChI=1S/C17H15FN4O3/c1-9-6-11-12(21-9)2-3-14(15(11)18)25-16-10-4-5-22(17(23)24)7-13(10)19-8-20-16/h2-3,6,8,21H,4-5,7H2,1H3,(H,23,24). The maximum Gasteiger partial charge on any atom is 0.407 e. The Labute approximate surface area is 142 Å². The molecule has 4 rings (SSSR count). The Morgan fingerprint density at radius 3 is 3.04 bits per heavy atom. The number of aryl methyl sites for hydroxylation is 1. The molecule has 25 heavy (non-hydrogen) atoms. The predicted octanol–water partition coefficient (Wildman–Crippen LogP) is 3.23. The molecule has 0 bridgehead atoms. The van der Waals surface area contributed by atoms with Gasteiger partial charge in [-0.25, -0.2) is 19.2 Å². The van der Waals surface area contributed by atoms with Gasteiger partial charge < -0.3 is 19.7 Å². The van der Waals surface area contributed by atoms with E-state index in [9.17, 15) is 9.18 Å². The molecule has 1 aliphatic rings. The second-order valence-electron chi connectivity index (χ2n) is 5.95. The van der Waals surface area contributed by atoms with Crippen LogP contribution >= 0.6 is 0 Å².